The van der Waals surface area contributed by atoms with E-state index in [9.17, 15) is 19.7 Å². The third-order valence-corrected chi connectivity index (χ3v) is 3.98. The van der Waals surface area contributed by atoms with Gasteiger partial charge in [-0.15, -0.1) is 11.3 Å². The molecule has 1 aromatic carbocycles. The highest BCUT2D eigenvalue weighted by Gasteiger charge is 2.16. The van der Waals surface area contributed by atoms with Gasteiger partial charge in [-0.3, -0.25) is 24.1 Å². The lowest BCUT2D eigenvalue weighted by Gasteiger charge is -2.06. The van der Waals surface area contributed by atoms with E-state index in [1.807, 2.05) is 11.6 Å². The van der Waals surface area contributed by atoms with Gasteiger partial charge in [0.2, 0.25) is 0 Å². The number of esters is 1. The van der Waals surface area contributed by atoms with Crippen molar-refractivity contribution < 1.29 is 19.2 Å². The number of carbonyl (C=O) groups excluding carboxylic acids is 2. The predicted molar refractivity (Wildman–Crippen MR) is 89.5 cm³/mol. The molecule has 9 nitrogen and oxygen atoms in total. The first-order valence-electron chi connectivity index (χ1n) is 7.13. The van der Waals surface area contributed by atoms with Crippen molar-refractivity contribution >= 4 is 39.5 Å². The number of rotatable bonds is 6. The summed E-state index contributed by atoms with van der Waals surface area (Å²) in [7, 11) is 0. The Morgan fingerprint density at radius 1 is 1.36 bits per heavy atom. The Morgan fingerprint density at radius 3 is 2.92 bits per heavy atom. The Kier molecular flexibility index (Phi) is 4.70. The number of amides is 1. The molecule has 0 unspecified atom stereocenters. The van der Waals surface area contributed by atoms with Crippen molar-refractivity contribution in [1.29, 1.82) is 0 Å². The number of aromatic nitrogens is 2. The van der Waals surface area contributed by atoms with E-state index in [4.69, 9.17) is 4.74 Å². The summed E-state index contributed by atoms with van der Waals surface area (Å²) in [5.41, 5.74) is 0.346. The second-order valence-corrected chi connectivity index (χ2v) is 5.86. The molecule has 0 bridgehead atoms. The molecule has 0 aliphatic heterocycles. The maximum Gasteiger partial charge on any atom is 0.312 e. The van der Waals surface area contributed by atoms with Crippen LogP contribution in [0.2, 0.25) is 0 Å². The largest absolute Gasteiger partial charge is 0.455 e. The fraction of sp³-hybridized carbons (Fsp3) is 0.133. The van der Waals surface area contributed by atoms with Gasteiger partial charge < -0.3 is 10.1 Å². The van der Waals surface area contributed by atoms with Gasteiger partial charge in [0, 0.05) is 23.8 Å². The van der Waals surface area contributed by atoms with E-state index >= 15 is 0 Å². The maximum absolute atomic E-state index is 11.8. The van der Waals surface area contributed by atoms with Crippen molar-refractivity contribution in [3.63, 3.8) is 0 Å². The summed E-state index contributed by atoms with van der Waals surface area (Å²) in [5.74, 6) is -1.27. The average molecular weight is 360 g/mol. The normalized spacial score (nSPS) is 10.6. The predicted octanol–water partition coefficient (Wildman–Crippen LogP) is 2.03. The number of anilines is 1. The molecule has 3 aromatic rings. The molecule has 2 aromatic heterocycles. The van der Waals surface area contributed by atoms with Crippen LogP contribution in [0.1, 0.15) is 5.69 Å². The molecular formula is C15H12N4O5S. The van der Waals surface area contributed by atoms with Crippen molar-refractivity contribution in [3.05, 3.63) is 57.8 Å². The standard InChI is InChI=1S/C15H12N4O5S/c20-13(17-11-3-1-2-4-12(11)19(22)23)9-24-14(21)7-10-8-18-5-6-25-15(18)16-10/h1-6,8H,7,9H2,(H,17,20). The van der Waals surface area contributed by atoms with E-state index in [2.05, 4.69) is 10.3 Å². The molecule has 10 heteroatoms. The quantitative estimate of drug-likeness (QED) is 0.408. The van der Waals surface area contributed by atoms with Gasteiger partial charge in [0.25, 0.3) is 11.6 Å². The highest BCUT2D eigenvalue weighted by atomic mass is 32.1. The lowest BCUT2D eigenvalue weighted by Crippen LogP contribution is -2.22. The Morgan fingerprint density at radius 2 is 2.16 bits per heavy atom. The molecule has 0 saturated heterocycles. The summed E-state index contributed by atoms with van der Waals surface area (Å²) in [6.07, 6.45) is 3.47. The molecule has 1 N–H and O–H groups in total. The van der Waals surface area contributed by atoms with Crippen molar-refractivity contribution in [2.75, 3.05) is 11.9 Å². The zero-order chi connectivity index (χ0) is 17.8. The molecule has 128 valence electrons. The van der Waals surface area contributed by atoms with Gasteiger partial charge in [-0.2, -0.15) is 0 Å². The lowest BCUT2D eigenvalue weighted by molar-refractivity contribution is -0.383. The summed E-state index contributed by atoms with van der Waals surface area (Å²) in [5, 5.41) is 15.1. The van der Waals surface area contributed by atoms with Gasteiger partial charge in [0.15, 0.2) is 11.6 Å². The summed E-state index contributed by atoms with van der Waals surface area (Å²) in [6.45, 7) is -0.535. The molecule has 25 heavy (non-hydrogen) atoms. The molecule has 3 rings (SSSR count). The van der Waals surface area contributed by atoms with E-state index in [-0.39, 0.29) is 17.8 Å². The maximum atomic E-state index is 11.8. The summed E-state index contributed by atoms with van der Waals surface area (Å²) in [6, 6.07) is 5.71. The zero-order valence-corrected chi connectivity index (χ0v) is 13.6. The van der Waals surface area contributed by atoms with Crippen LogP contribution in [0.4, 0.5) is 11.4 Å². The van der Waals surface area contributed by atoms with Crippen molar-refractivity contribution in [2.45, 2.75) is 6.42 Å². The van der Waals surface area contributed by atoms with Gasteiger partial charge in [-0.25, -0.2) is 4.98 Å². The van der Waals surface area contributed by atoms with Crippen LogP contribution in [0.5, 0.6) is 0 Å². The number of carbonyl (C=O) groups is 2. The number of thiazole rings is 1. The zero-order valence-electron chi connectivity index (χ0n) is 12.7. The fourth-order valence-electron chi connectivity index (χ4n) is 2.13. The molecule has 2 heterocycles. The molecule has 0 aliphatic carbocycles. The summed E-state index contributed by atoms with van der Waals surface area (Å²) in [4.78, 5) is 38.9. The molecule has 0 aliphatic rings. The number of nitro groups is 1. The highest BCUT2D eigenvalue weighted by Crippen LogP contribution is 2.22. The SMILES string of the molecule is O=C(COC(=O)Cc1cn2ccsc2n1)Nc1ccccc1[N+](=O)[O-]. The summed E-state index contributed by atoms with van der Waals surface area (Å²) >= 11 is 1.44. The number of benzene rings is 1. The van der Waals surface area contributed by atoms with Crippen LogP contribution in [-0.4, -0.2) is 32.8 Å². The number of nitrogens with zero attached hydrogens (tertiary/aromatic N) is 3. The van der Waals surface area contributed by atoms with E-state index < -0.39 is 23.4 Å². The minimum atomic E-state index is -0.659. The Labute approximate surface area is 145 Å². The number of nitrogens with one attached hydrogen (secondary N) is 1. The topological polar surface area (TPSA) is 116 Å². The number of imidazole rings is 1. The molecule has 0 spiro atoms. The van der Waals surface area contributed by atoms with Crippen LogP contribution < -0.4 is 5.32 Å². The van der Waals surface area contributed by atoms with Gasteiger partial charge in [0.1, 0.15) is 5.69 Å². The number of hydrogen-bond acceptors (Lipinski definition) is 7. The van der Waals surface area contributed by atoms with E-state index in [0.717, 1.165) is 4.96 Å². The first-order chi connectivity index (χ1) is 12.0. The van der Waals surface area contributed by atoms with Crippen LogP contribution in [0.3, 0.4) is 0 Å². The van der Waals surface area contributed by atoms with E-state index in [1.54, 1.807) is 16.7 Å². The van der Waals surface area contributed by atoms with Crippen LogP contribution in [0.15, 0.2) is 42.0 Å². The van der Waals surface area contributed by atoms with E-state index in [1.165, 1.54) is 29.5 Å². The van der Waals surface area contributed by atoms with Crippen LogP contribution in [0, 0.1) is 10.1 Å². The lowest BCUT2D eigenvalue weighted by atomic mass is 10.2. The Balaban J connectivity index is 1.52. The van der Waals surface area contributed by atoms with Gasteiger partial charge in [-0.1, -0.05) is 12.1 Å². The first-order valence-corrected chi connectivity index (χ1v) is 8.01. The number of nitro benzene ring substituents is 1. The second kappa shape index (κ2) is 7.09. The third-order valence-electron chi connectivity index (χ3n) is 3.21. The van der Waals surface area contributed by atoms with Crippen molar-refractivity contribution in [1.82, 2.24) is 9.38 Å². The van der Waals surface area contributed by atoms with Crippen LogP contribution in [0.25, 0.3) is 4.96 Å². The molecule has 0 fully saturated rings. The van der Waals surface area contributed by atoms with Crippen LogP contribution >= 0.6 is 11.3 Å². The molecule has 0 saturated carbocycles. The van der Waals surface area contributed by atoms with Crippen LogP contribution in [-0.2, 0) is 20.7 Å². The number of ether oxygens (including phenoxy) is 1. The molecular weight excluding hydrogens is 348 g/mol. The third kappa shape index (κ3) is 3.98. The van der Waals surface area contributed by atoms with E-state index in [0.29, 0.717) is 5.69 Å². The summed E-state index contributed by atoms with van der Waals surface area (Å²) < 4.78 is 6.67. The minimum absolute atomic E-state index is 0.0443. The second-order valence-electron chi connectivity index (χ2n) is 4.98. The first kappa shape index (κ1) is 16.6. The minimum Gasteiger partial charge on any atom is -0.455 e. The van der Waals surface area contributed by atoms with Gasteiger partial charge >= 0.3 is 5.97 Å². The number of fused-ring (bicyclic) bond motifs is 1. The monoisotopic (exact) mass is 360 g/mol. The Hall–Kier alpha value is -3.27. The number of para-hydroxylation sites is 2. The Bertz CT molecular complexity index is 920. The smallest absolute Gasteiger partial charge is 0.312 e. The highest BCUT2D eigenvalue weighted by molar-refractivity contribution is 7.15. The average Bonchev–Trinajstić information content (AvgIpc) is 3.14. The van der Waals surface area contributed by atoms with Crippen molar-refractivity contribution in [2.24, 2.45) is 0 Å². The molecule has 0 atom stereocenters. The molecule has 1 amide bonds. The van der Waals surface area contributed by atoms with Crippen molar-refractivity contribution in [3.8, 4) is 0 Å². The van der Waals surface area contributed by atoms with Gasteiger partial charge in [-0.05, 0) is 6.07 Å². The van der Waals surface area contributed by atoms with Gasteiger partial charge in [0.05, 0.1) is 17.0 Å². The fourth-order valence-corrected chi connectivity index (χ4v) is 2.85. The molecule has 0 radical (unpaired) electrons. The number of hydrogen-bond donors (Lipinski definition) is 1.